The molecule has 1 saturated heterocycles. The van der Waals surface area contributed by atoms with Crippen LogP contribution in [0.2, 0.25) is 0 Å². The quantitative estimate of drug-likeness (QED) is 0.714. The predicted octanol–water partition coefficient (Wildman–Crippen LogP) is 2.76. The molecule has 1 aromatic carbocycles. The number of piperidine rings is 1. The van der Waals surface area contributed by atoms with Gasteiger partial charge < -0.3 is 4.90 Å². The highest BCUT2D eigenvalue weighted by Gasteiger charge is 2.18. The van der Waals surface area contributed by atoms with Crippen LogP contribution in [0.1, 0.15) is 35.2 Å². The molecule has 1 heterocycles. The summed E-state index contributed by atoms with van der Waals surface area (Å²) < 4.78 is 13.1. The summed E-state index contributed by atoms with van der Waals surface area (Å²) in [5, 5.41) is 0. The third kappa shape index (κ3) is 2.23. The molecule has 2 nitrogen and oxygen atoms in total. The highest BCUT2D eigenvalue weighted by Crippen LogP contribution is 2.15. The molecular weight excluding hydrogens is 205 g/mol. The Kier molecular flexibility index (Phi) is 3.22. The molecule has 0 aliphatic carbocycles. The zero-order valence-electron chi connectivity index (χ0n) is 9.50. The Morgan fingerprint density at radius 1 is 1.25 bits per heavy atom. The lowest BCUT2D eigenvalue weighted by Crippen LogP contribution is -2.35. The molecule has 0 atom stereocenters. The van der Waals surface area contributed by atoms with E-state index in [4.69, 9.17) is 0 Å². The molecular formula is C13H16FNO. The minimum absolute atomic E-state index is 0.0304. The molecule has 1 fully saturated rings. The molecule has 0 unspecified atom stereocenters. The lowest BCUT2D eigenvalue weighted by Gasteiger charge is -2.26. The van der Waals surface area contributed by atoms with Gasteiger partial charge in [-0.15, -0.1) is 0 Å². The molecule has 2 rings (SSSR count). The van der Waals surface area contributed by atoms with Crippen LogP contribution in [0, 0.1) is 12.7 Å². The average molecular weight is 221 g/mol. The summed E-state index contributed by atoms with van der Waals surface area (Å²) in [6.07, 6.45) is 3.35. The number of carbonyl (C=O) groups is 1. The number of rotatable bonds is 1. The van der Waals surface area contributed by atoms with Gasteiger partial charge in [0.05, 0.1) is 0 Å². The van der Waals surface area contributed by atoms with E-state index in [9.17, 15) is 9.18 Å². The standard InChI is InChI=1S/C13H16FNO/c1-10-9-11(5-6-12(10)14)13(16)15-7-3-2-4-8-15/h5-6,9H,2-4,7-8H2,1H3. The van der Waals surface area contributed by atoms with Crippen molar-refractivity contribution in [2.75, 3.05) is 13.1 Å². The molecule has 16 heavy (non-hydrogen) atoms. The van der Waals surface area contributed by atoms with Gasteiger partial charge in [0, 0.05) is 18.7 Å². The number of carbonyl (C=O) groups excluding carboxylic acids is 1. The van der Waals surface area contributed by atoms with Crippen molar-refractivity contribution < 1.29 is 9.18 Å². The summed E-state index contributed by atoms with van der Waals surface area (Å²) in [5.74, 6) is -0.224. The summed E-state index contributed by atoms with van der Waals surface area (Å²) in [4.78, 5) is 13.9. The van der Waals surface area contributed by atoms with Crippen molar-refractivity contribution >= 4 is 5.91 Å². The maximum atomic E-state index is 13.1. The molecule has 0 bridgehead atoms. The van der Waals surface area contributed by atoms with E-state index in [2.05, 4.69) is 0 Å². The van der Waals surface area contributed by atoms with Gasteiger partial charge in [0.1, 0.15) is 5.82 Å². The molecule has 0 saturated carbocycles. The van der Waals surface area contributed by atoms with Crippen LogP contribution in [0.5, 0.6) is 0 Å². The first-order valence-corrected chi connectivity index (χ1v) is 5.74. The van der Waals surface area contributed by atoms with Gasteiger partial charge >= 0.3 is 0 Å². The second kappa shape index (κ2) is 4.64. The number of benzene rings is 1. The van der Waals surface area contributed by atoms with E-state index < -0.39 is 0 Å². The Balaban J connectivity index is 2.16. The molecule has 86 valence electrons. The number of aryl methyl sites for hydroxylation is 1. The fraction of sp³-hybridized carbons (Fsp3) is 0.462. The number of nitrogens with zero attached hydrogens (tertiary/aromatic N) is 1. The van der Waals surface area contributed by atoms with Crippen molar-refractivity contribution in [3.8, 4) is 0 Å². The van der Waals surface area contributed by atoms with Crippen LogP contribution in [0.4, 0.5) is 4.39 Å². The summed E-state index contributed by atoms with van der Waals surface area (Å²) in [6, 6.07) is 4.57. The van der Waals surface area contributed by atoms with Gasteiger partial charge in [-0.05, 0) is 49.9 Å². The first-order chi connectivity index (χ1) is 7.68. The number of amides is 1. The van der Waals surface area contributed by atoms with Gasteiger partial charge in [0.2, 0.25) is 0 Å². The Hall–Kier alpha value is -1.38. The largest absolute Gasteiger partial charge is 0.339 e. The van der Waals surface area contributed by atoms with Gasteiger partial charge in [0.25, 0.3) is 5.91 Å². The molecule has 3 heteroatoms. The topological polar surface area (TPSA) is 20.3 Å². The van der Waals surface area contributed by atoms with Crippen LogP contribution in [0.25, 0.3) is 0 Å². The molecule has 0 radical (unpaired) electrons. The van der Waals surface area contributed by atoms with Crippen molar-refractivity contribution in [1.82, 2.24) is 4.90 Å². The molecule has 1 aliphatic heterocycles. The fourth-order valence-electron chi connectivity index (χ4n) is 2.06. The van der Waals surface area contributed by atoms with E-state index in [1.807, 2.05) is 4.90 Å². The minimum Gasteiger partial charge on any atom is -0.339 e. The van der Waals surface area contributed by atoms with Gasteiger partial charge in [-0.2, -0.15) is 0 Å². The lowest BCUT2D eigenvalue weighted by atomic mass is 10.1. The van der Waals surface area contributed by atoms with E-state index >= 15 is 0 Å². The van der Waals surface area contributed by atoms with E-state index in [-0.39, 0.29) is 11.7 Å². The highest BCUT2D eigenvalue weighted by atomic mass is 19.1. The monoisotopic (exact) mass is 221 g/mol. The summed E-state index contributed by atoms with van der Waals surface area (Å²) in [5.41, 5.74) is 1.13. The Labute approximate surface area is 95.1 Å². The molecule has 1 aromatic rings. The summed E-state index contributed by atoms with van der Waals surface area (Å²) >= 11 is 0. The molecule has 1 amide bonds. The van der Waals surface area contributed by atoms with Crippen molar-refractivity contribution in [2.45, 2.75) is 26.2 Å². The zero-order valence-corrected chi connectivity index (χ0v) is 9.50. The van der Waals surface area contributed by atoms with E-state index in [1.165, 1.54) is 12.5 Å². The van der Waals surface area contributed by atoms with Gasteiger partial charge in [0.15, 0.2) is 0 Å². The second-order valence-corrected chi connectivity index (χ2v) is 4.32. The lowest BCUT2D eigenvalue weighted by molar-refractivity contribution is 0.0724. The predicted molar refractivity (Wildman–Crippen MR) is 60.9 cm³/mol. The first-order valence-electron chi connectivity index (χ1n) is 5.74. The van der Waals surface area contributed by atoms with Crippen LogP contribution >= 0.6 is 0 Å². The minimum atomic E-state index is -0.254. The Morgan fingerprint density at radius 3 is 2.56 bits per heavy atom. The van der Waals surface area contributed by atoms with E-state index in [0.29, 0.717) is 11.1 Å². The summed E-state index contributed by atoms with van der Waals surface area (Å²) in [6.45, 7) is 3.34. The van der Waals surface area contributed by atoms with Gasteiger partial charge in [-0.3, -0.25) is 4.79 Å². The third-order valence-corrected chi connectivity index (χ3v) is 3.05. The van der Waals surface area contributed by atoms with Crippen LogP contribution in [0.3, 0.4) is 0 Å². The van der Waals surface area contributed by atoms with E-state index in [1.54, 1.807) is 19.1 Å². The Morgan fingerprint density at radius 2 is 1.94 bits per heavy atom. The maximum Gasteiger partial charge on any atom is 0.253 e. The molecule has 0 N–H and O–H groups in total. The number of halogens is 1. The fourth-order valence-corrected chi connectivity index (χ4v) is 2.06. The van der Waals surface area contributed by atoms with Crippen molar-refractivity contribution in [3.05, 3.63) is 35.1 Å². The van der Waals surface area contributed by atoms with E-state index in [0.717, 1.165) is 25.9 Å². The normalized spacial score (nSPS) is 16.2. The van der Waals surface area contributed by atoms with Gasteiger partial charge in [-0.25, -0.2) is 4.39 Å². The SMILES string of the molecule is Cc1cc(C(=O)N2CCCCC2)ccc1F. The molecule has 0 spiro atoms. The van der Waals surface area contributed by atoms with Gasteiger partial charge in [-0.1, -0.05) is 0 Å². The van der Waals surface area contributed by atoms with Crippen LogP contribution < -0.4 is 0 Å². The third-order valence-electron chi connectivity index (χ3n) is 3.05. The molecule has 0 aromatic heterocycles. The number of hydrogen-bond acceptors (Lipinski definition) is 1. The maximum absolute atomic E-state index is 13.1. The number of hydrogen-bond donors (Lipinski definition) is 0. The number of likely N-dealkylation sites (tertiary alicyclic amines) is 1. The van der Waals surface area contributed by atoms with Crippen molar-refractivity contribution in [2.24, 2.45) is 0 Å². The van der Waals surface area contributed by atoms with Crippen molar-refractivity contribution in [1.29, 1.82) is 0 Å². The highest BCUT2D eigenvalue weighted by molar-refractivity contribution is 5.94. The van der Waals surface area contributed by atoms with Crippen LogP contribution in [0.15, 0.2) is 18.2 Å². The second-order valence-electron chi connectivity index (χ2n) is 4.32. The molecule has 1 aliphatic rings. The van der Waals surface area contributed by atoms with Crippen LogP contribution in [-0.4, -0.2) is 23.9 Å². The van der Waals surface area contributed by atoms with Crippen molar-refractivity contribution in [3.63, 3.8) is 0 Å². The first kappa shape index (κ1) is 11.1. The summed E-state index contributed by atoms with van der Waals surface area (Å²) in [7, 11) is 0. The smallest absolute Gasteiger partial charge is 0.253 e. The average Bonchev–Trinajstić information content (AvgIpc) is 2.33. The zero-order chi connectivity index (χ0) is 11.5. The van der Waals surface area contributed by atoms with Crippen LogP contribution in [-0.2, 0) is 0 Å². The Bertz CT molecular complexity index is 397.